The Balaban J connectivity index is 0.000000640. The molecule has 0 aliphatic carbocycles. The smallest absolute Gasteiger partial charge is 0.390 e. The molecule has 44 valence electrons. The van der Waals surface area contributed by atoms with Gasteiger partial charge in [-0.2, -0.15) is 0 Å². The van der Waals surface area contributed by atoms with Crippen molar-refractivity contribution in [1.82, 2.24) is 20.6 Å². The van der Waals surface area contributed by atoms with Crippen LogP contribution in [0.15, 0.2) is 0 Å². The first-order valence-electron chi connectivity index (χ1n) is 1.68. The summed E-state index contributed by atoms with van der Waals surface area (Å²) in [5.74, 6) is -0.509. The van der Waals surface area contributed by atoms with Gasteiger partial charge in [0.1, 0.15) is 0 Å². The summed E-state index contributed by atoms with van der Waals surface area (Å²) < 4.78 is 0. The van der Waals surface area contributed by atoms with Gasteiger partial charge in [0.25, 0.3) is 0 Å². The molecule has 1 aromatic rings. The minimum Gasteiger partial charge on any atom is -0.390 e. The fraction of sp³-hybridized carbons (Fsp3) is 0. The molecular weight excluding hydrogens is 315 g/mol. The third-order valence-electron chi connectivity index (χ3n) is 0.497. The molecule has 0 atom stereocenters. The van der Waals surface area contributed by atoms with Gasteiger partial charge in [-0.25, -0.2) is 0 Å². The Morgan fingerprint density at radius 1 is 1.67 bits per heavy atom. The molecule has 0 aromatic carbocycles. The number of aromatic nitrogens is 4. The van der Waals surface area contributed by atoms with Crippen LogP contribution >= 0.6 is 0 Å². The first kappa shape index (κ1) is 8.41. The number of H-pyrrole nitrogens is 1. The number of hydrogen-bond acceptors (Lipinski definition) is 5. The molecule has 1 N–H and O–H groups in total. The molecule has 0 radical (unpaired) electrons. The fourth-order valence-electron chi connectivity index (χ4n) is 0.234. The minimum atomic E-state index is -0.733. The van der Waals surface area contributed by atoms with Crippen LogP contribution in [0.3, 0.4) is 0 Å². The molecule has 7 nitrogen and oxygen atoms in total. The number of nitro groups is 1. The van der Waals surface area contributed by atoms with Crippen LogP contribution in [0.5, 0.6) is 0 Å². The van der Waals surface area contributed by atoms with Crippen LogP contribution in [-0.4, -0.2) is 25.5 Å². The average molecular weight is 316 g/mol. The van der Waals surface area contributed by atoms with E-state index in [1.54, 1.807) is 0 Å². The molecule has 8 heteroatoms. The maximum absolute atomic E-state index is 9.68. The van der Waals surface area contributed by atoms with Crippen molar-refractivity contribution >= 4 is 5.95 Å². The summed E-state index contributed by atoms with van der Waals surface area (Å²) in [7, 11) is 0. The second-order valence-electron chi connectivity index (χ2n) is 0.969. The van der Waals surface area contributed by atoms with Gasteiger partial charge < -0.3 is 10.1 Å². The van der Waals surface area contributed by atoms with Crippen LogP contribution in [0.4, 0.5) is 5.95 Å². The summed E-state index contributed by atoms with van der Waals surface area (Å²) in [6, 6.07) is 0. The van der Waals surface area contributed by atoms with E-state index in [1.807, 2.05) is 5.21 Å². The molecule has 0 aliphatic rings. The number of hydrogen-bond donors (Lipinski definition) is 1. The van der Waals surface area contributed by atoms with E-state index in [0.717, 1.165) is 0 Å². The number of nitrogens with zero attached hydrogens (tertiary/aromatic N) is 4. The molecule has 1 rings (SSSR count). The van der Waals surface area contributed by atoms with Crippen LogP contribution in [0.25, 0.3) is 0 Å². The van der Waals surface area contributed by atoms with Crippen molar-refractivity contribution in [3.63, 3.8) is 0 Å². The molecule has 1 aromatic heterocycles. The predicted octanol–water partition coefficient (Wildman–Crippen LogP) is -0.895. The molecule has 0 spiro atoms. The number of tetrazole rings is 1. The van der Waals surface area contributed by atoms with Gasteiger partial charge in [0.15, 0.2) is 0 Å². The van der Waals surface area contributed by atoms with Crippen molar-refractivity contribution in [2.45, 2.75) is 0 Å². The van der Waals surface area contributed by atoms with Gasteiger partial charge in [-0.05, 0) is 4.92 Å². The van der Waals surface area contributed by atoms with Crippen molar-refractivity contribution in [3.8, 4) is 0 Å². The maximum Gasteiger partial charge on any atom is 0.514 e. The Bertz CT molecular complexity index is 183. The van der Waals surface area contributed by atoms with E-state index in [4.69, 9.17) is 0 Å². The molecule has 0 aliphatic heterocycles. The fourth-order valence-corrected chi connectivity index (χ4v) is 0.234. The Hall–Kier alpha value is -0.595. The van der Waals surface area contributed by atoms with Crippen LogP contribution in [0.2, 0.25) is 0 Å². The molecule has 0 saturated heterocycles. The number of aromatic amines is 1. The topological polar surface area (TPSA) is 97.6 Å². The van der Waals surface area contributed by atoms with E-state index >= 15 is 0 Å². The third-order valence-corrected chi connectivity index (χ3v) is 0.497. The molecule has 9 heavy (non-hydrogen) atoms. The quantitative estimate of drug-likeness (QED) is 0.412. The van der Waals surface area contributed by atoms with Crippen molar-refractivity contribution in [1.29, 1.82) is 0 Å². The molecule has 0 amide bonds. The number of nitrogens with one attached hydrogen (secondary N) is 1. The molecule has 1 heterocycles. The van der Waals surface area contributed by atoms with Crippen LogP contribution in [0, 0.1) is 10.1 Å². The first-order valence-corrected chi connectivity index (χ1v) is 1.68. The molecular formula is CHHgN5O2. The van der Waals surface area contributed by atoms with E-state index in [1.165, 1.54) is 0 Å². The Labute approximate surface area is 69.5 Å². The van der Waals surface area contributed by atoms with Gasteiger partial charge in [0.05, 0.1) is 5.10 Å². The molecule has 0 bridgehead atoms. The summed E-state index contributed by atoms with van der Waals surface area (Å²) >= 11 is 0. The van der Waals surface area contributed by atoms with Crippen molar-refractivity contribution in [2.75, 3.05) is 0 Å². The zero-order chi connectivity index (χ0) is 5.98. The summed E-state index contributed by atoms with van der Waals surface area (Å²) in [6.07, 6.45) is 0. The predicted molar refractivity (Wildman–Crippen MR) is 20.8 cm³/mol. The van der Waals surface area contributed by atoms with E-state index in [0.29, 0.717) is 0 Å². The van der Waals surface area contributed by atoms with Crippen LogP contribution in [0.1, 0.15) is 0 Å². The van der Waals surface area contributed by atoms with Gasteiger partial charge >= 0.3 is 5.95 Å². The second kappa shape index (κ2) is 3.43. The molecule has 0 unspecified atom stereocenters. The van der Waals surface area contributed by atoms with Gasteiger partial charge in [-0.3, -0.25) is 0 Å². The maximum atomic E-state index is 9.68. The standard InChI is InChI=1S/CHN5O2.Hg/c7-6(8)1-2-4-5-3-1;/h(H,2,3,4,5);. The molecule has 0 fully saturated rings. The molecule has 0 saturated carbocycles. The summed E-state index contributed by atoms with van der Waals surface area (Å²) in [4.78, 5) is 8.95. The Kier molecular flexibility index (Phi) is 3.21. The second-order valence-corrected chi connectivity index (χ2v) is 0.969. The number of rotatable bonds is 1. The van der Waals surface area contributed by atoms with Gasteiger partial charge in [-0.1, -0.05) is 5.21 Å². The summed E-state index contributed by atoms with van der Waals surface area (Å²) in [5, 5.41) is 20.7. The monoisotopic (exact) mass is 317 g/mol. The first-order chi connectivity index (χ1) is 3.80. The van der Waals surface area contributed by atoms with Crippen molar-refractivity contribution in [3.05, 3.63) is 10.1 Å². The van der Waals surface area contributed by atoms with E-state index in [2.05, 4.69) is 15.4 Å². The van der Waals surface area contributed by atoms with Gasteiger partial charge in [0, 0.05) is 38.0 Å². The summed E-state index contributed by atoms with van der Waals surface area (Å²) in [5.41, 5.74) is 0. The van der Waals surface area contributed by atoms with Gasteiger partial charge in [-0.15, -0.1) is 0 Å². The zero-order valence-corrected chi connectivity index (χ0v) is 9.81. The van der Waals surface area contributed by atoms with Gasteiger partial charge in [0.2, 0.25) is 0 Å². The largest absolute Gasteiger partial charge is 0.514 e. The summed E-state index contributed by atoms with van der Waals surface area (Å²) in [6.45, 7) is 0. The van der Waals surface area contributed by atoms with E-state index in [-0.39, 0.29) is 27.7 Å². The van der Waals surface area contributed by atoms with Crippen molar-refractivity contribution < 1.29 is 32.6 Å². The van der Waals surface area contributed by atoms with E-state index < -0.39 is 10.9 Å². The SMILES string of the molecule is O=[N+]([O-])c1nn[nH]n1.[Hg]. The normalized spacial score (nSPS) is 8.00. The third kappa shape index (κ3) is 2.00. The van der Waals surface area contributed by atoms with Crippen LogP contribution in [-0.2, 0) is 27.7 Å². The Morgan fingerprint density at radius 3 is 2.56 bits per heavy atom. The average Bonchev–Trinajstić information content (AvgIpc) is 2.12. The van der Waals surface area contributed by atoms with Crippen molar-refractivity contribution in [2.24, 2.45) is 0 Å². The minimum absolute atomic E-state index is 0. The Morgan fingerprint density at radius 2 is 2.33 bits per heavy atom. The van der Waals surface area contributed by atoms with E-state index in [9.17, 15) is 10.1 Å². The van der Waals surface area contributed by atoms with Crippen LogP contribution < -0.4 is 0 Å². The zero-order valence-electron chi connectivity index (χ0n) is 4.31.